The summed E-state index contributed by atoms with van der Waals surface area (Å²) in [4.78, 5) is 35.1. The predicted molar refractivity (Wildman–Crippen MR) is 94.7 cm³/mol. The minimum absolute atomic E-state index is 0.212. The van der Waals surface area contributed by atoms with Gasteiger partial charge in [-0.15, -0.1) is 0 Å². The van der Waals surface area contributed by atoms with Crippen LogP contribution < -0.4 is 10.2 Å². The highest BCUT2D eigenvalue weighted by atomic mass is 16.2. The summed E-state index contributed by atoms with van der Waals surface area (Å²) in [5.41, 5.74) is 2.02. The minimum Gasteiger partial charge on any atom is -0.344 e. The van der Waals surface area contributed by atoms with Gasteiger partial charge in [-0.2, -0.15) is 0 Å². The summed E-state index contributed by atoms with van der Waals surface area (Å²) in [5, 5.41) is 2.52. The first-order valence-corrected chi connectivity index (χ1v) is 7.93. The molecular weight excluding hydrogens is 318 g/mol. The molecule has 3 rings (SSSR count). The highest BCUT2D eigenvalue weighted by Crippen LogP contribution is 2.13. The number of anilines is 1. The summed E-state index contributed by atoms with van der Waals surface area (Å²) >= 11 is 0. The van der Waals surface area contributed by atoms with E-state index in [2.05, 4.69) is 27.4 Å². The van der Waals surface area contributed by atoms with E-state index in [1.807, 2.05) is 30.1 Å². The normalized spacial score (nSPS) is 15.6. The Labute approximate surface area is 146 Å². The van der Waals surface area contributed by atoms with Crippen molar-refractivity contribution in [1.82, 2.24) is 20.2 Å². The molecule has 0 saturated carbocycles. The van der Waals surface area contributed by atoms with Crippen LogP contribution in [0, 0.1) is 0 Å². The van der Waals surface area contributed by atoms with Gasteiger partial charge in [0.2, 0.25) is 5.95 Å². The molecule has 1 N–H and O–H groups in total. The van der Waals surface area contributed by atoms with Gasteiger partial charge >= 0.3 is 6.03 Å². The number of imide groups is 1. The lowest BCUT2D eigenvalue weighted by Gasteiger charge is -2.17. The van der Waals surface area contributed by atoms with Crippen molar-refractivity contribution in [2.45, 2.75) is 6.42 Å². The van der Waals surface area contributed by atoms with Gasteiger partial charge in [-0.3, -0.25) is 9.69 Å². The standard InChI is InChI=1S/C18H19N5O2/c1-22(11-9-13-6-4-3-5-7-13)17-19-10-8-14(20-17)12-15-16(24)23(2)18(25)21-15/h3-8,10,12H,9,11H2,1-2H3,(H,21,25)/b15-12-. The van der Waals surface area contributed by atoms with Crippen LogP contribution >= 0.6 is 0 Å². The Hall–Kier alpha value is -3.22. The molecule has 3 amide bonds. The van der Waals surface area contributed by atoms with E-state index in [9.17, 15) is 9.59 Å². The van der Waals surface area contributed by atoms with Gasteiger partial charge < -0.3 is 10.2 Å². The van der Waals surface area contributed by atoms with Gasteiger partial charge in [0.05, 0.1) is 5.69 Å². The Kier molecular flexibility index (Phi) is 4.74. The molecule has 1 fully saturated rings. The number of amides is 3. The molecule has 25 heavy (non-hydrogen) atoms. The number of aromatic nitrogens is 2. The van der Waals surface area contributed by atoms with E-state index in [1.165, 1.54) is 12.6 Å². The van der Waals surface area contributed by atoms with E-state index in [-0.39, 0.29) is 11.6 Å². The number of likely N-dealkylation sites (N-methyl/N-ethyl adjacent to an activating group) is 2. The zero-order valence-corrected chi connectivity index (χ0v) is 14.1. The molecule has 1 aromatic heterocycles. The molecule has 0 unspecified atom stereocenters. The van der Waals surface area contributed by atoms with Crippen molar-refractivity contribution >= 4 is 24.0 Å². The smallest absolute Gasteiger partial charge is 0.328 e. The Morgan fingerprint density at radius 2 is 1.96 bits per heavy atom. The molecule has 128 valence electrons. The van der Waals surface area contributed by atoms with Gasteiger partial charge in [-0.1, -0.05) is 30.3 Å². The van der Waals surface area contributed by atoms with Gasteiger partial charge in [0.15, 0.2) is 0 Å². The van der Waals surface area contributed by atoms with E-state index < -0.39 is 6.03 Å². The first-order chi connectivity index (χ1) is 12.0. The number of hydrogen-bond acceptors (Lipinski definition) is 5. The van der Waals surface area contributed by atoms with Gasteiger partial charge in [0.1, 0.15) is 5.70 Å². The number of hydrogen-bond donors (Lipinski definition) is 1. The Balaban J connectivity index is 1.71. The lowest BCUT2D eigenvalue weighted by Crippen LogP contribution is -2.25. The molecule has 2 aromatic rings. The molecule has 1 aliphatic heterocycles. The van der Waals surface area contributed by atoms with E-state index in [0.717, 1.165) is 17.9 Å². The van der Waals surface area contributed by atoms with Crippen LogP contribution in [0.5, 0.6) is 0 Å². The quantitative estimate of drug-likeness (QED) is 0.663. The van der Waals surface area contributed by atoms with Crippen LogP contribution in [0.4, 0.5) is 10.7 Å². The molecule has 0 radical (unpaired) electrons. The van der Waals surface area contributed by atoms with Gasteiger partial charge in [0.25, 0.3) is 5.91 Å². The van der Waals surface area contributed by atoms with Crippen molar-refractivity contribution in [3.8, 4) is 0 Å². The zero-order valence-electron chi connectivity index (χ0n) is 14.1. The van der Waals surface area contributed by atoms with Crippen LogP contribution in [-0.4, -0.2) is 47.4 Å². The number of rotatable bonds is 5. The second-order valence-electron chi connectivity index (χ2n) is 5.79. The third-order valence-electron chi connectivity index (χ3n) is 3.96. The lowest BCUT2D eigenvalue weighted by molar-refractivity contribution is -0.121. The van der Waals surface area contributed by atoms with Gasteiger partial charge in [-0.05, 0) is 24.1 Å². The van der Waals surface area contributed by atoms with E-state index >= 15 is 0 Å². The fourth-order valence-electron chi connectivity index (χ4n) is 2.44. The van der Waals surface area contributed by atoms with E-state index in [0.29, 0.717) is 11.6 Å². The molecule has 0 aliphatic carbocycles. The van der Waals surface area contributed by atoms with Crippen LogP contribution in [0.2, 0.25) is 0 Å². The molecule has 1 saturated heterocycles. The highest BCUT2D eigenvalue weighted by molar-refractivity contribution is 6.13. The molecule has 1 aromatic carbocycles. The van der Waals surface area contributed by atoms with Crippen molar-refractivity contribution in [3.63, 3.8) is 0 Å². The Morgan fingerprint density at radius 1 is 1.20 bits per heavy atom. The maximum absolute atomic E-state index is 11.9. The van der Waals surface area contributed by atoms with Crippen molar-refractivity contribution in [2.75, 3.05) is 25.5 Å². The fourth-order valence-corrected chi connectivity index (χ4v) is 2.44. The van der Waals surface area contributed by atoms with Crippen molar-refractivity contribution < 1.29 is 9.59 Å². The molecule has 0 spiro atoms. The third kappa shape index (κ3) is 3.82. The highest BCUT2D eigenvalue weighted by Gasteiger charge is 2.30. The number of urea groups is 1. The van der Waals surface area contributed by atoms with Crippen molar-refractivity contribution in [1.29, 1.82) is 0 Å². The molecule has 2 heterocycles. The molecular formula is C18H19N5O2. The van der Waals surface area contributed by atoms with Crippen LogP contribution in [0.15, 0.2) is 48.3 Å². The number of carbonyl (C=O) groups is 2. The second-order valence-corrected chi connectivity index (χ2v) is 5.79. The topological polar surface area (TPSA) is 78.4 Å². The third-order valence-corrected chi connectivity index (χ3v) is 3.96. The van der Waals surface area contributed by atoms with Crippen molar-refractivity contribution in [2.24, 2.45) is 0 Å². The van der Waals surface area contributed by atoms with Crippen LogP contribution in [-0.2, 0) is 11.2 Å². The summed E-state index contributed by atoms with van der Waals surface area (Å²) in [6, 6.07) is 11.4. The van der Waals surface area contributed by atoms with Gasteiger partial charge in [0, 0.05) is 26.8 Å². The maximum atomic E-state index is 11.9. The molecule has 1 aliphatic rings. The first kappa shape index (κ1) is 16.6. The summed E-state index contributed by atoms with van der Waals surface area (Å²) in [6.45, 7) is 0.766. The fraction of sp³-hybridized carbons (Fsp3) is 0.222. The van der Waals surface area contributed by atoms with Crippen LogP contribution in [0.1, 0.15) is 11.3 Å². The second kappa shape index (κ2) is 7.12. The first-order valence-electron chi connectivity index (χ1n) is 7.93. The zero-order chi connectivity index (χ0) is 17.8. The predicted octanol–water partition coefficient (Wildman–Crippen LogP) is 1.68. The Bertz CT molecular complexity index is 819. The van der Waals surface area contributed by atoms with E-state index in [1.54, 1.807) is 18.3 Å². The molecule has 7 nitrogen and oxygen atoms in total. The average molecular weight is 337 g/mol. The monoisotopic (exact) mass is 337 g/mol. The number of nitrogens with zero attached hydrogens (tertiary/aromatic N) is 4. The number of carbonyl (C=O) groups excluding carboxylic acids is 2. The molecule has 0 bridgehead atoms. The lowest BCUT2D eigenvalue weighted by atomic mass is 10.1. The number of nitrogens with one attached hydrogen (secondary N) is 1. The Morgan fingerprint density at radius 3 is 2.64 bits per heavy atom. The average Bonchev–Trinajstić information content (AvgIpc) is 2.87. The summed E-state index contributed by atoms with van der Waals surface area (Å²) in [7, 11) is 3.35. The van der Waals surface area contributed by atoms with Crippen molar-refractivity contribution in [3.05, 3.63) is 59.5 Å². The molecule has 0 atom stereocenters. The largest absolute Gasteiger partial charge is 0.344 e. The molecule has 7 heteroatoms. The maximum Gasteiger partial charge on any atom is 0.328 e. The van der Waals surface area contributed by atoms with Crippen LogP contribution in [0.3, 0.4) is 0 Å². The minimum atomic E-state index is -0.439. The summed E-state index contributed by atoms with van der Waals surface area (Å²) in [6.07, 6.45) is 4.07. The van der Waals surface area contributed by atoms with Gasteiger partial charge in [-0.25, -0.2) is 14.8 Å². The summed E-state index contributed by atoms with van der Waals surface area (Å²) < 4.78 is 0. The summed E-state index contributed by atoms with van der Waals surface area (Å²) in [5.74, 6) is 0.193. The van der Waals surface area contributed by atoms with Crippen LogP contribution in [0.25, 0.3) is 6.08 Å². The SMILES string of the molecule is CN1C(=O)N/C(=C\c2ccnc(N(C)CCc3ccccc3)n2)C1=O. The van der Waals surface area contributed by atoms with E-state index in [4.69, 9.17) is 0 Å². The number of benzene rings is 1.